The van der Waals surface area contributed by atoms with Gasteiger partial charge in [0.25, 0.3) is 5.56 Å². The van der Waals surface area contributed by atoms with Gasteiger partial charge in [0, 0.05) is 11.8 Å². The molecule has 1 aromatic carbocycles. The van der Waals surface area contributed by atoms with E-state index in [1.165, 1.54) is 0 Å². The second-order valence-corrected chi connectivity index (χ2v) is 5.11. The number of carbonyl (C=O) groups excluding carboxylic acids is 1. The van der Waals surface area contributed by atoms with Crippen LogP contribution in [0.15, 0.2) is 23.0 Å². The van der Waals surface area contributed by atoms with Crippen molar-refractivity contribution >= 4 is 38.7 Å². The molecule has 0 spiro atoms. The van der Waals surface area contributed by atoms with Gasteiger partial charge in [-0.2, -0.15) is 0 Å². The van der Waals surface area contributed by atoms with Crippen LogP contribution in [0.2, 0.25) is 0 Å². The lowest BCUT2D eigenvalue weighted by molar-refractivity contribution is -0.116. The second-order valence-electron chi connectivity index (χ2n) is 4.55. The summed E-state index contributed by atoms with van der Waals surface area (Å²) in [5.74, 6) is 0.0709. The van der Waals surface area contributed by atoms with E-state index in [1.807, 2.05) is 13.0 Å². The predicted molar refractivity (Wildman–Crippen MR) is 83.1 cm³/mol. The molecule has 5 nitrogen and oxygen atoms in total. The number of amides is 1. The number of benzene rings is 1. The summed E-state index contributed by atoms with van der Waals surface area (Å²) in [7, 11) is 0. The van der Waals surface area contributed by atoms with Crippen molar-refractivity contribution in [3.63, 3.8) is 0 Å². The van der Waals surface area contributed by atoms with Gasteiger partial charge in [-0.3, -0.25) is 19.9 Å². The van der Waals surface area contributed by atoms with Crippen LogP contribution >= 0.6 is 15.9 Å². The molecule has 0 atom stereocenters. The van der Waals surface area contributed by atoms with Gasteiger partial charge in [-0.05, 0) is 24.1 Å². The third kappa shape index (κ3) is 3.45. The fraction of sp³-hybridized carbons (Fsp3) is 0.357. The highest BCUT2D eigenvalue weighted by molar-refractivity contribution is 9.08. The fourth-order valence-electron chi connectivity index (χ4n) is 1.86. The SMILES string of the molecule is CCCCC(=O)Nc1nc2ccc(CBr)cc2c(=O)[nH]1. The van der Waals surface area contributed by atoms with Crippen LogP contribution in [0.4, 0.5) is 5.95 Å². The molecule has 0 saturated heterocycles. The molecule has 0 aliphatic carbocycles. The number of carbonyl (C=O) groups is 1. The number of halogens is 1. The molecule has 6 heteroatoms. The van der Waals surface area contributed by atoms with E-state index in [0.717, 1.165) is 18.4 Å². The van der Waals surface area contributed by atoms with Gasteiger partial charge in [-0.15, -0.1) is 0 Å². The minimum atomic E-state index is -0.247. The van der Waals surface area contributed by atoms with Crippen molar-refractivity contribution in [3.8, 4) is 0 Å². The van der Waals surface area contributed by atoms with Gasteiger partial charge in [-0.1, -0.05) is 35.3 Å². The maximum absolute atomic E-state index is 12.0. The first kappa shape index (κ1) is 14.7. The largest absolute Gasteiger partial charge is 0.296 e. The zero-order valence-corrected chi connectivity index (χ0v) is 12.8. The average Bonchev–Trinajstić information content (AvgIpc) is 2.45. The number of anilines is 1. The highest BCUT2D eigenvalue weighted by Crippen LogP contribution is 2.14. The molecule has 20 heavy (non-hydrogen) atoms. The summed E-state index contributed by atoms with van der Waals surface area (Å²) in [4.78, 5) is 30.5. The topological polar surface area (TPSA) is 74.8 Å². The highest BCUT2D eigenvalue weighted by Gasteiger charge is 2.07. The monoisotopic (exact) mass is 337 g/mol. The summed E-state index contributed by atoms with van der Waals surface area (Å²) < 4.78 is 0. The Bertz CT molecular complexity index is 682. The van der Waals surface area contributed by atoms with Crippen molar-refractivity contribution in [2.24, 2.45) is 0 Å². The maximum atomic E-state index is 12.0. The van der Waals surface area contributed by atoms with Gasteiger partial charge in [0.15, 0.2) is 0 Å². The number of nitrogens with zero attached hydrogens (tertiary/aromatic N) is 1. The van der Waals surface area contributed by atoms with E-state index in [0.29, 0.717) is 22.7 Å². The Kier molecular flexibility index (Phi) is 4.89. The van der Waals surface area contributed by atoms with Gasteiger partial charge in [0.2, 0.25) is 11.9 Å². The van der Waals surface area contributed by atoms with Crippen LogP contribution in [0, 0.1) is 0 Å². The molecular weight excluding hydrogens is 322 g/mol. The van der Waals surface area contributed by atoms with Crippen LogP contribution in [0.1, 0.15) is 31.7 Å². The Hall–Kier alpha value is -1.69. The zero-order valence-electron chi connectivity index (χ0n) is 11.2. The summed E-state index contributed by atoms with van der Waals surface area (Å²) in [6, 6.07) is 5.47. The lowest BCUT2D eigenvalue weighted by Gasteiger charge is -2.05. The predicted octanol–water partition coefficient (Wildman–Crippen LogP) is 2.95. The molecule has 0 fully saturated rings. The number of unbranched alkanes of at least 4 members (excludes halogenated alkanes) is 1. The standard InChI is InChI=1S/C14H16BrN3O2/c1-2-3-4-12(19)17-14-16-11-6-5-9(8-15)7-10(11)13(20)18-14/h5-7H,2-4,8H2,1H3,(H2,16,17,18,19,20). The number of fused-ring (bicyclic) bond motifs is 1. The summed E-state index contributed by atoms with van der Waals surface area (Å²) >= 11 is 3.35. The van der Waals surface area contributed by atoms with Crippen LogP contribution in [0.5, 0.6) is 0 Å². The smallest absolute Gasteiger partial charge is 0.260 e. The normalized spacial score (nSPS) is 10.7. The summed E-state index contributed by atoms with van der Waals surface area (Å²) in [5, 5.41) is 3.82. The zero-order chi connectivity index (χ0) is 14.5. The number of H-pyrrole nitrogens is 1. The van der Waals surface area contributed by atoms with Crippen molar-refractivity contribution in [3.05, 3.63) is 34.1 Å². The van der Waals surface area contributed by atoms with E-state index in [2.05, 4.69) is 31.2 Å². The first-order chi connectivity index (χ1) is 9.63. The number of hydrogen-bond acceptors (Lipinski definition) is 3. The molecule has 2 aromatic rings. The number of nitrogens with one attached hydrogen (secondary N) is 2. The van der Waals surface area contributed by atoms with Gasteiger partial charge in [-0.25, -0.2) is 4.98 Å². The first-order valence-corrected chi connectivity index (χ1v) is 7.65. The van der Waals surface area contributed by atoms with E-state index >= 15 is 0 Å². The van der Waals surface area contributed by atoms with Crippen LogP contribution in [0.25, 0.3) is 10.9 Å². The third-order valence-electron chi connectivity index (χ3n) is 2.94. The molecule has 0 radical (unpaired) electrons. The number of aromatic amines is 1. The Morgan fingerprint density at radius 3 is 2.95 bits per heavy atom. The van der Waals surface area contributed by atoms with E-state index in [9.17, 15) is 9.59 Å². The van der Waals surface area contributed by atoms with Crippen LogP contribution < -0.4 is 10.9 Å². The molecule has 1 heterocycles. The molecule has 1 aromatic heterocycles. The lowest BCUT2D eigenvalue weighted by atomic mass is 10.2. The average molecular weight is 338 g/mol. The van der Waals surface area contributed by atoms with Gasteiger partial charge >= 0.3 is 0 Å². The minimum absolute atomic E-state index is 0.133. The highest BCUT2D eigenvalue weighted by atomic mass is 79.9. The van der Waals surface area contributed by atoms with E-state index in [-0.39, 0.29) is 17.4 Å². The third-order valence-corrected chi connectivity index (χ3v) is 3.59. The van der Waals surface area contributed by atoms with Crippen molar-refractivity contribution in [2.45, 2.75) is 31.5 Å². The Labute approximate surface area is 124 Å². The van der Waals surface area contributed by atoms with Crippen LogP contribution in [-0.4, -0.2) is 15.9 Å². The van der Waals surface area contributed by atoms with Crippen molar-refractivity contribution < 1.29 is 4.79 Å². The first-order valence-electron chi connectivity index (χ1n) is 6.52. The molecule has 2 rings (SSSR count). The van der Waals surface area contributed by atoms with Crippen molar-refractivity contribution in [2.75, 3.05) is 5.32 Å². The lowest BCUT2D eigenvalue weighted by Crippen LogP contribution is -2.18. The number of rotatable bonds is 5. The fourth-order valence-corrected chi connectivity index (χ4v) is 2.21. The quantitative estimate of drug-likeness (QED) is 0.823. The number of aromatic nitrogens is 2. The molecule has 0 unspecified atom stereocenters. The molecule has 0 bridgehead atoms. The molecule has 0 aliphatic heterocycles. The summed E-state index contributed by atoms with van der Waals surface area (Å²) in [6.45, 7) is 2.02. The molecule has 0 aliphatic rings. The summed E-state index contributed by atoms with van der Waals surface area (Å²) in [5.41, 5.74) is 1.33. The number of hydrogen-bond donors (Lipinski definition) is 2. The molecule has 2 N–H and O–H groups in total. The minimum Gasteiger partial charge on any atom is -0.296 e. The summed E-state index contributed by atoms with van der Waals surface area (Å²) in [6.07, 6.45) is 2.20. The van der Waals surface area contributed by atoms with E-state index < -0.39 is 0 Å². The van der Waals surface area contributed by atoms with Gasteiger partial charge in [0.05, 0.1) is 10.9 Å². The van der Waals surface area contributed by atoms with Gasteiger partial charge < -0.3 is 0 Å². The molecular formula is C14H16BrN3O2. The maximum Gasteiger partial charge on any atom is 0.260 e. The van der Waals surface area contributed by atoms with Gasteiger partial charge in [0.1, 0.15) is 0 Å². The second kappa shape index (κ2) is 6.65. The van der Waals surface area contributed by atoms with E-state index in [1.54, 1.807) is 12.1 Å². The Morgan fingerprint density at radius 1 is 1.45 bits per heavy atom. The Balaban J connectivity index is 2.29. The molecule has 106 valence electrons. The van der Waals surface area contributed by atoms with E-state index in [4.69, 9.17) is 0 Å². The molecule has 0 saturated carbocycles. The van der Waals surface area contributed by atoms with Crippen molar-refractivity contribution in [1.29, 1.82) is 0 Å². The van der Waals surface area contributed by atoms with Crippen LogP contribution in [-0.2, 0) is 10.1 Å². The van der Waals surface area contributed by atoms with Crippen molar-refractivity contribution in [1.82, 2.24) is 9.97 Å². The number of alkyl halides is 1. The molecule has 1 amide bonds. The van der Waals surface area contributed by atoms with Crippen LogP contribution in [0.3, 0.4) is 0 Å². The Morgan fingerprint density at radius 2 is 2.25 bits per heavy atom.